The van der Waals surface area contributed by atoms with Gasteiger partial charge in [0.05, 0.1) is 22.4 Å². The first-order valence-corrected chi connectivity index (χ1v) is 6.46. The van der Waals surface area contributed by atoms with Gasteiger partial charge in [0.1, 0.15) is 6.07 Å². The lowest BCUT2D eigenvalue weighted by Crippen LogP contribution is -2.02. The zero-order chi connectivity index (χ0) is 15.4. The quantitative estimate of drug-likeness (QED) is 0.673. The van der Waals surface area contributed by atoms with Crippen LogP contribution in [0.25, 0.3) is 0 Å². The molecule has 0 saturated carbocycles. The molecule has 0 amide bonds. The van der Waals surface area contributed by atoms with Crippen LogP contribution in [-0.2, 0) is 6.54 Å². The zero-order valence-electron chi connectivity index (χ0n) is 11.8. The van der Waals surface area contributed by atoms with Gasteiger partial charge in [0.15, 0.2) is 0 Å². The van der Waals surface area contributed by atoms with Gasteiger partial charge in [0, 0.05) is 36.5 Å². The first kappa shape index (κ1) is 14.5. The molecule has 0 fully saturated rings. The average molecular weight is 285 g/mol. The molecule has 0 bridgehead atoms. The molecule has 1 heterocycles. The number of nitriles is 1. The van der Waals surface area contributed by atoms with E-state index < -0.39 is 4.92 Å². The number of nitro benzene ring substituents is 1. The molecule has 0 unspecified atom stereocenters. The standard InChI is InChI=1S/C14H15N5O2/c1-10(2)18-9-11(8-17-18)7-16-14-4-3-13(19(20)21)5-12(14)6-15/h3-5,8-10,16H,7H2,1-2H3. The molecule has 0 spiro atoms. The van der Waals surface area contributed by atoms with E-state index in [1.165, 1.54) is 12.1 Å². The maximum atomic E-state index is 10.7. The first-order chi connectivity index (χ1) is 10.0. The Morgan fingerprint density at radius 1 is 1.52 bits per heavy atom. The maximum absolute atomic E-state index is 10.7. The predicted molar refractivity (Wildman–Crippen MR) is 77.8 cm³/mol. The average Bonchev–Trinajstić information content (AvgIpc) is 2.93. The molecule has 0 aliphatic heterocycles. The van der Waals surface area contributed by atoms with Crippen LogP contribution in [0.3, 0.4) is 0 Å². The SMILES string of the molecule is CC(C)n1cc(CNc2ccc([N+](=O)[O-])cc2C#N)cn1. The van der Waals surface area contributed by atoms with Gasteiger partial charge >= 0.3 is 0 Å². The fraction of sp³-hybridized carbons (Fsp3) is 0.286. The highest BCUT2D eigenvalue weighted by Crippen LogP contribution is 2.22. The van der Waals surface area contributed by atoms with Gasteiger partial charge in [-0.05, 0) is 19.9 Å². The van der Waals surface area contributed by atoms with Gasteiger partial charge in [-0.25, -0.2) is 0 Å². The Balaban J connectivity index is 2.12. The molecule has 0 atom stereocenters. The monoisotopic (exact) mass is 285 g/mol. The van der Waals surface area contributed by atoms with E-state index in [1.807, 2.05) is 30.8 Å². The molecule has 21 heavy (non-hydrogen) atoms. The summed E-state index contributed by atoms with van der Waals surface area (Å²) in [5.41, 5.74) is 1.71. The highest BCUT2D eigenvalue weighted by Gasteiger charge is 2.10. The van der Waals surface area contributed by atoms with Crippen LogP contribution in [0, 0.1) is 21.4 Å². The minimum absolute atomic E-state index is 0.0928. The van der Waals surface area contributed by atoms with Crippen LogP contribution in [0.2, 0.25) is 0 Å². The molecule has 0 radical (unpaired) electrons. The third-order valence-electron chi connectivity index (χ3n) is 3.00. The number of rotatable bonds is 5. The van der Waals surface area contributed by atoms with E-state index in [-0.39, 0.29) is 17.3 Å². The maximum Gasteiger partial charge on any atom is 0.270 e. The number of hydrogen-bond acceptors (Lipinski definition) is 5. The van der Waals surface area contributed by atoms with E-state index >= 15 is 0 Å². The number of hydrogen-bond donors (Lipinski definition) is 1. The molecule has 2 aromatic rings. The van der Waals surface area contributed by atoms with Gasteiger partial charge in [-0.2, -0.15) is 10.4 Å². The van der Waals surface area contributed by atoms with E-state index in [2.05, 4.69) is 10.4 Å². The van der Waals surface area contributed by atoms with Crippen molar-refractivity contribution in [1.29, 1.82) is 5.26 Å². The van der Waals surface area contributed by atoms with Gasteiger partial charge in [0.2, 0.25) is 0 Å². The topological polar surface area (TPSA) is 96.8 Å². The molecule has 1 aromatic carbocycles. The molecule has 1 aromatic heterocycles. The van der Waals surface area contributed by atoms with Crippen molar-refractivity contribution < 1.29 is 4.92 Å². The summed E-state index contributed by atoms with van der Waals surface area (Å²) < 4.78 is 1.85. The van der Waals surface area contributed by atoms with Crippen molar-refractivity contribution in [2.24, 2.45) is 0 Å². The van der Waals surface area contributed by atoms with Gasteiger partial charge < -0.3 is 5.32 Å². The molecule has 1 N–H and O–H groups in total. The molecular weight excluding hydrogens is 270 g/mol. The summed E-state index contributed by atoms with van der Waals surface area (Å²) in [6.45, 7) is 4.57. The van der Waals surface area contributed by atoms with Crippen molar-refractivity contribution in [2.75, 3.05) is 5.32 Å². The van der Waals surface area contributed by atoms with Crippen LogP contribution >= 0.6 is 0 Å². The number of non-ortho nitro benzene ring substituents is 1. The van der Waals surface area contributed by atoms with Crippen LogP contribution in [-0.4, -0.2) is 14.7 Å². The minimum atomic E-state index is -0.517. The third kappa shape index (κ3) is 3.36. The molecule has 7 heteroatoms. The first-order valence-electron chi connectivity index (χ1n) is 6.46. The lowest BCUT2D eigenvalue weighted by Gasteiger charge is -2.07. The van der Waals surface area contributed by atoms with E-state index in [4.69, 9.17) is 5.26 Å². The summed E-state index contributed by atoms with van der Waals surface area (Å²) in [4.78, 5) is 10.2. The molecule has 2 rings (SSSR count). The van der Waals surface area contributed by atoms with E-state index in [0.29, 0.717) is 12.2 Å². The van der Waals surface area contributed by atoms with Crippen LogP contribution in [0.4, 0.5) is 11.4 Å². The van der Waals surface area contributed by atoms with Crippen molar-refractivity contribution in [3.05, 3.63) is 51.8 Å². The normalized spacial score (nSPS) is 10.4. The summed E-state index contributed by atoms with van der Waals surface area (Å²) >= 11 is 0. The minimum Gasteiger partial charge on any atom is -0.380 e. The molecular formula is C14H15N5O2. The van der Waals surface area contributed by atoms with Crippen molar-refractivity contribution in [1.82, 2.24) is 9.78 Å². The number of nitro groups is 1. The summed E-state index contributed by atoms with van der Waals surface area (Å²) in [5, 5.41) is 27.1. The lowest BCUT2D eigenvalue weighted by atomic mass is 10.1. The van der Waals surface area contributed by atoms with Gasteiger partial charge in [-0.1, -0.05) is 0 Å². The number of aromatic nitrogens is 2. The summed E-state index contributed by atoms with van der Waals surface area (Å²) in [6.07, 6.45) is 3.68. The third-order valence-corrected chi connectivity index (χ3v) is 3.00. The van der Waals surface area contributed by atoms with Gasteiger partial charge in [-0.3, -0.25) is 14.8 Å². The van der Waals surface area contributed by atoms with Gasteiger partial charge in [0.25, 0.3) is 5.69 Å². The van der Waals surface area contributed by atoms with E-state index in [0.717, 1.165) is 5.56 Å². The molecule has 7 nitrogen and oxygen atoms in total. The second-order valence-corrected chi connectivity index (χ2v) is 4.87. The highest BCUT2D eigenvalue weighted by molar-refractivity contribution is 5.61. The molecule has 0 aliphatic carbocycles. The Morgan fingerprint density at radius 3 is 2.86 bits per heavy atom. The fourth-order valence-corrected chi connectivity index (χ4v) is 1.84. The van der Waals surface area contributed by atoms with Crippen molar-refractivity contribution in [2.45, 2.75) is 26.4 Å². The summed E-state index contributed by atoms with van der Waals surface area (Å²) in [7, 11) is 0. The molecule has 108 valence electrons. The summed E-state index contributed by atoms with van der Waals surface area (Å²) in [5.74, 6) is 0. The Morgan fingerprint density at radius 2 is 2.29 bits per heavy atom. The second kappa shape index (κ2) is 6.05. The Labute approximate surface area is 122 Å². The van der Waals surface area contributed by atoms with Gasteiger partial charge in [-0.15, -0.1) is 0 Å². The van der Waals surface area contributed by atoms with E-state index in [9.17, 15) is 10.1 Å². The Kier molecular flexibility index (Phi) is 4.18. The predicted octanol–water partition coefficient (Wildman–Crippen LogP) is 2.86. The second-order valence-electron chi connectivity index (χ2n) is 4.87. The fourth-order valence-electron chi connectivity index (χ4n) is 1.84. The number of nitrogens with one attached hydrogen (secondary N) is 1. The van der Waals surface area contributed by atoms with Crippen molar-refractivity contribution >= 4 is 11.4 Å². The van der Waals surface area contributed by atoms with Crippen LogP contribution in [0.5, 0.6) is 0 Å². The molecule has 0 aliphatic rings. The Bertz CT molecular complexity index is 700. The number of nitrogens with zero attached hydrogens (tertiary/aromatic N) is 4. The molecule has 0 saturated heterocycles. The number of anilines is 1. The highest BCUT2D eigenvalue weighted by atomic mass is 16.6. The smallest absolute Gasteiger partial charge is 0.270 e. The number of benzene rings is 1. The van der Waals surface area contributed by atoms with E-state index in [1.54, 1.807) is 12.3 Å². The van der Waals surface area contributed by atoms with Crippen LogP contribution < -0.4 is 5.32 Å². The Hall–Kier alpha value is -2.88. The zero-order valence-corrected chi connectivity index (χ0v) is 11.8. The van der Waals surface area contributed by atoms with Crippen molar-refractivity contribution in [3.8, 4) is 6.07 Å². The van der Waals surface area contributed by atoms with Crippen LogP contribution in [0.15, 0.2) is 30.6 Å². The summed E-state index contributed by atoms with van der Waals surface area (Å²) in [6, 6.07) is 6.43. The van der Waals surface area contributed by atoms with Crippen LogP contribution in [0.1, 0.15) is 31.0 Å². The largest absolute Gasteiger partial charge is 0.380 e. The lowest BCUT2D eigenvalue weighted by molar-refractivity contribution is -0.384. The van der Waals surface area contributed by atoms with Crippen molar-refractivity contribution in [3.63, 3.8) is 0 Å².